The predicted octanol–water partition coefficient (Wildman–Crippen LogP) is 1.32. The third kappa shape index (κ3) is 4.37. The fourth-order valence-corrected chi connectivity index (χ4v) is 5.10. The molecule has 10 heteroatoms. The number of rotatable bonds is 5. The normalized spacial score (nSPS) is 32.2. The summed E-state index contributed by atoms with van der Waals surface area (Å²) < 4.78 is 39.3. The Morgan fingerprint density at radius 2 is 1.94 bits per heavy atom. The standard InChI is InChI=1S/C21H27FN4O4S/c1-21(13-7-15(27)8-13)9-16-18(17(28)10-21)19(12-3-5-14(22)6-4-12)26-20(25-16)24-11-31(29,30)23-2/h3-6,13,15,19,23,27H,7-11H2,1-2H3,(H2,24,25,26)/t13?,15?,19-,21-/m0/s1. The van der Waals surface area contributed by atoms with Crippen molar-refractivity contribution in [2.24, 2.45) is 16.3 Å². The van der Waals surface area contributed by atoms with Crippen molar-refractivity contribution < 1.29 is 22.7 Å². The second-order valence-electron chi connectivity index (χ2n) is 8.85. The zero-order valence-corrected chi connectivity index (χ0v) is 18.3. The Kier molecular flexibility index (Phi) is 5.65. The summed E-state index contributed by atoms with van der Waals surface area (Å²) in [6.45, 7) is 2.06. The minimum atomic E-state index is -3.56. The van der Waals surface area contributed by atoms with Gasteiger partial charge in [-0.05, 0) is 55.3 Å². The van der Waals surface area contributed by atoms with Crippen molar-refractivity contribution in [1.82, 2.24) is 15.4 Å². The summed E-state index contributed by atoms with van der Waals surface area (Å²) >= 11 is 0. The van der Waals surface area contributed by atoms with Crippen LogP contribution >= 0.6 is 0 Å². The third-order valence-corrected chi connectivity index (χ3v) is 7.71. The Morgan fingerprint density at radius 3 is 2.55 bits per heavy atom. The van der Waals surface area contributed by atoms with Gasteiger partial charge in [0, 0.05) is 17.7 Å². The van der Waals surface area contributed by atoms with E-state index in [4.69, 9.17) is 0 Å². The monoisotopic (exact) mass is 450 g/mol. The zero-order chi connectivity index (χ0) is 22.4. The Labute approximate surface area is 181 Å². The van der Waals surface area contributed by atoms with Crippen LogP contribution in [0.25, 0.3) is 0 Å². The summed E-state index contributed by atoms with van der Waals surface area (Å²) in [4.78, 5) is 17.4. The Hall–Kier alpha value is -2.30. The van der Waals surface area contributed by atoms with Crippen molar-refractivity contribution in [2.45, 2.75) is 44.8 Å². The molecule has 168 valence electrons. The molecule has 2 aliphatic carbocycles. The van der Waals surface area contributed by atoms with E-state index in [2.05, 4.69) is 27.3 Å². The fraction of sp³-hybridized carbons (Fsp3) is 0.524. The molecule has 1 aromatic rings. The minimum absolute atomic E-state index is 0.0126. The van der Waals surface area contributed by atoms with Crippen LogP contribution in [0.2, 0.25) is 0 Å². The van der Waals surface area contributed by atoms with Gasteiger partial charge in [-0.25, -0.2) is 22.5 Å². The number of nitrogens with zero attached hydrogens (tertiary/aromatic N) is 1. The number of aliphatic imine (C=N–C) groups is 1. The second kappa shape index (κ2) is 7.99. The van der Waals surface area contributed by atoms with Gasteiger partial charge >= 0.3 is 0 Å². The predicted molar refractivity (Wildman–Crippen MR) is 114 cm³/mol. The molecule has 0 unspecified atom stereocenters. The molecule has 31 heavy (non-hydrogen) atoms. The van der Waals surface area contributed by atoms with Crippen molar-refractivity contribution in [1.29, 1.82) is 0 Å². The highest BCUT2D eigenvalue weighted by atomic mass is 32.2. The summed E-state index contributed by atoms with van der Waals surface area (Å²) in [5.41, 5.74) is 1.67. The highest BCUT2D eigenvalue weighted by Crippen LogP contribution is 2.52. The van der Waals surface area contributed by atoms with E-state index in [0.717, 1.165) is 0 Å². The van der Waals surface area contributed by atoms with E-state index >= 15 is 0 Å². The second-order valence-corrected chi connectivity index (χ2v) is 10.7. The number of Topliss-reactive ketones (excluding diaryl/α,β-unsaturated/α-hetero) is 1. The Morgan fingerprint density at radius 1 is 1.26 bits per heavy atom. The first-order valence-electron chi connectivity index (χ1n) is 10.3. The smallest absolute Gasteiger partial charge is 0.231 e. The van der Waals surface area contributed by atoms with Gasteiger partial charge < -0.3 is 15.7 Å². The van der Waals surface area contributed by atoms with E-state index in [1.165, 1.54) is 19.2 Å². The molecule has 0 radical (unpaired) electrons. The van der Waals surface area contributed by atoms with Gasteiger partial charge in [-0.3, -0.25) is 4.79 Å². The van der Waals surface area contributed by atoms with Gasteiger partial charge in [-0.2, -0.15) is 0 Å². The SMILES string of the molecule is CNS(=O)(=O)C/N=C1\NC2=C(C(=O)C[C@@](C)(C3CC(O)C3)C2)[C@H](c2ccc(F)cc2)N1. The first kappa shape index (κ1) is 21.9. The molecule has 3 aliphatic rings. The van der Waals surface area contributed by atoms with Gasteiger partial charge in [0.1, 0.15) is 5.82 Å². The highest BCUT2D eigenvalue weighted by Gasteiger charge is 2.49. The Bertz CT molecular complexity index is 1050. The van der Waals surface area contributed by atoms with Gasteiger partial charge in [-0.15, -0.1) is 0 Å². The molecule has 1 aliphatic heterocycles. The molecule has 1 aromatic carbocycles. The first-order valence-corrected chi connectivity index (χ1v) is 11.9. The molecule has 1 saturated carbocycles. The fourth-order valence-electron chi connectivity index (χ4n) is 4.68. The van der Waals surface area contributed by atoms with Crippen LogP contribution in [-0.2, 0) is 14.8 Å². The largest absolute Gasteiger partial charge is 0.393 e. The van der Waals surface area contributed by atoms with Crippen LogP contribution in [0.5, 0.6) is 0 Å². The summed E-state index contributed by atoms with van der Waals surface area (Å²) in [7, 11) is -2.24. The average Bonchev–Trinajstić information content (AvgIpc) is 2.69. The number of sulfonamides is 1. The molecule has 4 N–H and O–H groups in total. The number of guanidine groups is 1. The molecule has 2 atom stereocenters. The lowest BCUT2D eigenvalue weighted by molar-refractivity contribution is -0.122. The van der Waals surface area contributed by atoms with E-state index in [-0.39, 0.29) is 35.0 Å². The van der Waals surface area contributed by atoms with Crippen molar-refractivity contribution in [2.75, 3.05) is 12.9 Å². The number of hydrogen-bond acceptors (Lipinski definition) is 5. The van der Waals surface area contributed by atoms with Gasteiger partial charge in [0.05, 0.1) is 12.1 Å². The number of aliphatic hydroxyl groups is 1. The molecular weight excluding hydrogens is 423 g/mol. The number of benzene rings is 1. The molecular formula is C21H27FN4O4S. The topological polar surface area (TPSA) is 120 Å². The van der Waals surface area contributed by atoms with Crippen LogP contribution in [0.1, 0.15) is 44.2 Å². The zero-order valence-electron chi connectivity index (χ0n) is 17.5. The van der Waals surface area contributed by atoms with Gasteiger partial charge in [-0.1, -0.05) is 19.1 Å². The molecule has 8 nitrogen and oxygen atoms in total. The van der Waals surface area contributed by atoms with E-state index < -0.39 is 21.9 Å². The lowest BCUT2D eigenvalue weighted by atomic mass is 9.58. The lowest BCUT2D eigenvalue weighted by Gasteiger charge is -2.49. The number of hydrogen-bond donors (Lipinski definition) is 4. The molecule has 4 rings (SSSR count). The summed E-state index contributed by atoms with van der Waals surface area (Å²) in [6, 6.07) is 5.31. The van der Waals surface area contributed by atoms with Crippen LogP contribution < -0.4 is 15.4 Å². The van der Waals surface area contributed by atoms with Gasteiger partial charge in [0.2, 0.25) is 10.0 Å². The van der Waals surface area contributed by atoms with Crippen molar-refractivity contribution in [3.05, 3.63) is 46.9 Å². The molecule has 0 spiro atoms. The van der Waals surface area contributed by atoms with E-state index in [1.54, 1.807) is 12.1 Å². The van der Waals surface area contributed by atoms with E-state index in [0.29, 0.717) is 42.5 Å². The summed E-state index contributed by atoms with van der Waals surface area (Å²) in [5, 5.41) is 16.0. The minimum Gasteiger partial charge on any atom is -0.393 e. The average molecular weight is 451 g/mol. The van der Waals surface area contributed by atoms with E-state index in [1.807, 2.05) is 0 Å². The van der Waals surface area contributed by atoms with Crippen LogP contribution in [0, 0.1) is 17.2 Å². The number of carbonyl (C=O) groups excluding carboxylic acids is 1. The van der Waals surface area contributed by atoms with Crippen molar-refractivity contribution in [3.63, 3.8) is 0 Å². The number of carbonyl (C=O) groups is 1. The van der Waals surface area contributed by atoms with Crippen LogP contribution in [0.3, 0.4) is 0 Å². The number of ketones is 1. The summed E-state index contributed by atoms with van der Waals surface area (Å²) in [6.07, 6.45) is 1.98. The number of allylic oxidation sites excluding steroid dienone is 1. The molecule has 0 amide bonds. The maximum Gasteiger partial charge on any atom is 0.231 e. The number of halogens is 1. The van der Waals surface area contributed by atoms with Crippen LogP contribution in [-0.4, -0.2) is 44.3 Å². The van der Waals surface area contributed by atoms with Crippen LogP contribution in [0.4, 0.5) is 4.39 Å². The number of nitrogens with one attached hydrogen (secondary N) is 3. The maximum atomic E-state index is 13.5. The molecule has 1 fully saturated rings. The Balaban J connectivity index is 1.71. The number of aliphatic hydroxyl groups excluding tert-OH is 1. The summed E-state index contributed by atoms with van der Waals surface area (Å²) in [5.74, 6) is -0.380. The first-order chi connectivity index (χ1) is 14.6. The lowest BCUT2D eigenvalue weighted by Crippen LogP contribution is -2.52. The van der Waals surface area contributed by atoms with Gasteiger partial charge in [0.15, 0.2) is 17.6 Å². The van der Waals surface area contributed by atoms with Gasteiger partial charge in [0.25, 0.3) is 0 Å². The van der Waals surface area contributed by atoms with E-state index in [9.17, 15) is 22.7 Å². The molecule has 0 bridgehead atoms. The molecule has 0 saturated heterocycles. The quantitative estimate of drug-likeness (QED) is 0.537. The highest BCUT2D eigenvalue weighted by molar-refractivity contribution is 7.89. The van der Waals surface area contributed by atoms with Crippen molar-refractivity contribution in [3.8, 4) is 0 Å². The molecule has 0 aromatic heterocycles. The van der Waals surface area contributed by atoms with Crippen LogP contribution in [0.15, 0.2) is 40.5 Å². The third-order valence-electron chi connectivity index (χ3n) is 6.62. The van der Waals surface area contributed by atoms with Crippen molar-refractivity contribution >= 4 is 21.8 Å². The maximum absolute atomic E-state index is 13.5. The molecule has 1 heterocycles.